The van der Waals surface area contributed by atoms with Crippen molar-refractivity contribution in [3.63, 3.8) is 0 Å². The standard InChI is InChI=1S/C15H28O4S/c1-6-18-13(16)15(11-12(3)4,9-8-10-20-5)14(17)19-7-2/h12H,6-11H2,1-5H3. The van der Waals surface area contributed by atoms with E-state index in [1.807, 2.05) is 20.1 Å². The summed E-state index contributed by atoms with van der Waals surface area (Å²) in [5, 5.41) is 0. The van der Waals surface area contributed by atoms with Crippen LogP contribution in [0.25, 0.3) is 0 Å². The van der Waals surface area contributed by atoms with Gasteiger partial charge in [-0.3, -0.25) is 9.59 Å². The zero-order valence-corrected chi connectivity index (χ0v) is 14.2. The molecule has 0 aromatic carbocycles. The van der Waals surface area contributed by atoms with Crippen LogP contribution in [-0.2, 0) is 19.1 Å². The van der Waals surface area contributed by atoms with Crippen LogP contribution in [-0.4, -0.2) is 37.2 Å². The molecule has 0 fully saturated rings. The number of esters is 2. The van der Waals surface area contributed by atoms with Gasteiger partial charge in [-0.15, -0.1) is 0 Å². The first-order chi connectivity index (χ1) is 9.44. The second kappa shape index (κ2) is 10.1. The minimum Gasteiger partial charge on any atom is -0.465 e. The molecule has 5 heteroatoms. The lowest BCUT2D eigenvalue weighted by Gasteiger charge is -2.30. The monoisotopic (exact) mass is 304 g/mol. The fraction of sp³-hybridized carbons (Fsp3) is 0.867. The molecule has 0 aromatic rings. The molecule has 0 N–H and O–H groups in total. The second-order valence-electron chi connectivity index (χ2n) is 5.22. The van der Waals surface area contributed by atoms with Crippen LogP contribution < -0.4 is 0 Å². The van der Waals surface area contributed by atoms with Gasteiger partial charge in [0.15, 0.2) is 5.41 Å². The Hall–Kier alpha value is -0.710. The number of thioether (sulfide) groups is 1. The first-order valence-electron chi connectivity index (χ1n) is 7.28. The van der Waals surface area contributed by atoms with Crippen LogP contribution in [0.1, 0.15) is 47.0 Å². The molecule has 0 radical (unpaired) electrons. The Balaban J connectivity index is 5.26. The van der Waals surface area contributed by atoms with Gasteiger partial charge in [0.1, 0.15) is 0 Å². The molecule has 0 saturated carbocycles. The first kappa shape index (κ1) is 19.3. The van der Waals surface area contributed by atoms with Gasteiger partial charge in [-0.25, -0.2) is 0 Å². The van der Waals surface area contributed by atoms with Gasteiger partial charge in [0.05, 0.1) is 13.2 Å². The maximum Gasteiger partial charge on any atom is 0.323 e. The molecular formula is C15H28O4S. The molecule has 4 nitrogen and oxygen atoms in total. The van der Waals surface area contributed by atoms with E-state index in [0.29, 0.717) is 12.8 Å². The van der Waals surface area contributed by atoms with Gasteiger partial charge in [0.25, 0.3) is 0 Å². The van der Waals surface area contributed by atoms with Crippen LogP contribution in [0.2, 0.25) is 0 Å². The molecule has 0 spiro atoms. The lowest BCUT2D eigenvalue weighted by Crippen LogP contribution is -2.43. The molecule has 0 unspecified atom stereocenters. The highest BCUT2D eigenvalue weighted by Gasteiger charge is 2.48. The Kier molecular flexibility index (Phi) is 9.72. The van der Waals surface area contributed by atoms with Crippen molar-refractivity contribution in [3.8, 4) is 0 Å². The summed E-state index contributed by atoms with van der Waals surface area (Å²) >= 11 is 1.71. The van der Waals surface area contributed by atoms with Crippen molar-refractivity contribution < 1.29 is 19.1 Å². The summed E-state index contributed by atoms with van der Waals surface area (Å²) in [6.07, 6.45) is 3.77. The molecule has 20 heavy (non-hydrogen) atoms. The SMILES string of the molecule is CCOC(=O)C(CCCSC)(CC(C)C)C(=O)OCC. The lowest BCUT2D eigenvalue weighted by molar-refractivity contribution is -0.174. The third kappa shape index (κ3) is 5.73. The van der Waals surface area contributed by atoms with Gasteiger partial charge >= 0.3 is 11.9 Å². The molecule has 0 rings (SSSR count). The van der Waals surface area contributed by atoms with Crippen LogP contribution in [0.4, 0.5) is 0 Å². The van der Waals surface area contributed by atoms with Gasteiger partial charge in [-0.1, -0.05) is 13.8 Å². The van der Waals surface area contributed by atoms with Crippen molar-refractivity contribution in [1.29, 1.82) is 0 Å². The molecule has 118 valence electrons. The van der Waals surface area contributed by atoms with Crippen LogP contribution in [0.3, 0.4) is 0 Å². The van der Waals surface area contributed by atoms with Crippen molar-refractivity contribution in [3.05, 3.63) is 0 Å². The minimum atomic E-state index is -1.14. The Morgan fingerprint density at radius 3 is 1.95 bits per heavy atom. The molecule has 0 saturated heterocycles. The smallest absolute Gasteiger partial charge is 0.323 e. The van der Waals surface area contributed by atoms with Crippen molar-refractivity contribution >= 4 is 23.7 Å². The molecule has 0 heterocycles. The van der Waals surface area contributed by atoms with Crippen LogP contribution in [0, 0.1) is 11.3 Å². The van der Waals surface area contributed by atoms with E-state index in [0.717, 1.165) is 12.2 Å². The highest BCUT2D eigenvalue weighted by atomic mass is 32.2. The largest absolute Gasteiger partial charge is 0.465 e. The third-order valence-corrected chi connectivity index (χ3v) is 3.74. The van der Waals surface area contributed by atoms with E-state index >= 15 is 0 Å². The molecule has 0 aliphatic heterocycles. The molecular weight excluding hydrogens is 276 g/mol. The van der Waals surface area contributed by atoms with Gasteiger partial charge < -0.3 is 9.47 Å². The average Bonchev–Trinajstić information content (AvgIpc) is 2.37. The van der Waals surface area contributed by atoms with E-state index in [1.54, 1.807) is 25.6 Å². The maximum absolute atomic E-state index is 12.4. The summed E-state index contributed by atoms with van der Waals surface area (Å²) in [4.78, 5) is 24.8. The summed E-state index contributed by atoms with van der Waals surface area (Å²) in [5.74, 6) is 0.262. The second-order valence-corrected chi connectivity index (χ2v) is 6.20. The third-order valence-electron chi connectivity index (χ3n) is 3.04. The van der Waals surface area contributed by atoms with Gasteiger partial charge in [0, 0.05) is 0 Å². The molecule has 0 atom stereocenters. The fourth-order valence-corrected chi connectivity index (χ4v) is 2.74. The number of hydrogen-bond donors (Lipinski definition) is 0. The topological polar surface area (TPSA) is 52.6 Å². The Bertz CT molecular complexity index is 284. The van der Waals surface area contributed by atoms with Crippen LogP contribution >= 0.6 is 11.8 Å². The van der Waals surface area contributed by atoms with E-state index in [9.17, 15) is 9.59 Å². The zero-order valence-electron chi connectivity index (χ0n) is 13.4. The summed E-state index contributed by atoms with van der Waals surface area (Å²) in [6.45, 7) is 8.07. The van der Waals surface area contributed by atoms with Crippen molar-refractivity contribution in [2.75, 3.05) is 25.2 Å². The maximum atomic E-state index is 12.4. The van der Waals surface area contributed by atoms with Gasteiger partial charge in [0.2, 0.25) is 0 Å². The summed E-state index contributed by atoms with van der Waals surface area (Å²) < 4.78 is 10.3. The highest BCUT2D eigenvalue weighted by Crippen LogP contribution is 2.35. The van der Waals surface area contributed by atoms with Crippen LogP contribution in [0.5, 0.6) is 0 Å². The quantitative estimate of drug-likeness (QED) is 0.352. The van der Waals surface area contributed by atoms with E-state index in [4.69, 9.17) is 9.47 Å². The average molecular weight is 304 g/mol. The number of hydrogen-bond acceptors (Lipinski definition) is 5. The minimum absolute atomic E-state index is 0.220. The predicted octanol–water partition coefficient (Wildman–Crippen LogP) is 3.29. The summed E-state index contributed by atoms with van der Waals surface area (Å²) in [5.41, 5.74) is -1.14. The van der Waals surface area contributed by atoms with E-state index < -0.39 is 17.4 Å². The summed E-state index contributed by atoms with van der Waals surface area (Å²) in [7, 11) is 0. The van der Waals surface area contributed by atoms with Crippen LogP contribution in [0.15, 0.2) is 0 Å². The van der Waals surface area contributed by atoms with Crippen molar-refractivity contribution in [2.24, 2.45) is 11.3 Å². The normalized spacial score (nSPS) is 11.5. The molecule has 0 aliphatic carbocycles. The van der Waals surface area contributed by atoms with E-state index in [1.165, 1.54) is 0 Å². The number of carbonyl (C=O) groups excluding carboxylic acids is 2. The van der Waals surface area contributed by atoms with Gasteiger partial charge in [-0.05, 0) is 51.0 Å². The zero-order chi connectivity index (χ0) is 15.6. The fourth-order valence-electron chi connectivity index (χ4n) is 2.31. The number of rotatable bonds is 10. The highest BCUT2D eigenvalue weighted by molar-refractivity contribution is 7.98. The van der Waals surface area contributed by atoms with E-state index in [2.05, 4.69) is 0 Å². The Morgan fingerprint density at radius 2 is 1.60 bits per heavy atom. The first-order valence-corrected chi connectivity index (χ1v) is 8.67. The van der Waals surface area contributed by atoms with Crippen molar-refractivity contribution in [1.82, 2.24) is 0 Å². The Labute approximate surface area is 127 Å². The molecule has 0 aromatic heterocycles. The number of ether oxygens (including phenoxy) is 2. The molecule has 0 amide bonds. The van der Waals surface area contributed by atoms with Gasteiger partial charge in [-0.2, -0.15) is 11.8 Å². The summed E-state index contributed by atoms with van der Waals surface area (Å²) in [6, 6.07) is 0. The Morgan fingerprint density at radius 1 is 1.10 bits per heavy atom. The van der Waals surface area contributed by atoms with E-state index in [-0.39, 0.29) is 19.1 Å². The predicted molar refractivity (Wildman–Crippen MR) is 82.8 cm³/mol. The lowest BCUT2D eigenvalue weighted by atomic mass is 9.76. The molecule has 0 aliphatic rings. The van der Waals surface area contributed by atoms with Crippen molar-refractivity contribution in [2.45, 2.75) is 47.0 Å². The number of carbonyl (C=O) groups is 2. The molecule has 0 bridgehead atoms.